The Labute approximate surface area is 517 Å². The van der Waals surface area contributed by atoms with Crippen LogP contribution in [-0.2, 0) is 22.6 Å². The number of allylic oxidation sites excluding steroid dienone is 6. The molecule has 86 heavy (non-hydrogen) atoms. The molecule has 7 aromatic heterocycles. The molecule has 3 aliphatic heterocycles. The fourth-order valence-corrected chi connectivity index (χ4v) is 20.5. The summed E-state index contributed by atoms with van der Waals surface area (Å²) >= 11 is 11.4. The summed E-state index contributed by atoms with van der Waals surface area (Å²) in [4.78, 5) is 35.1. The Morgan fingerprint density at radius 3 is 1.24 bits per heavy atom. The SMILES string of the molecule is CC1(C)Oc2c(sc3cc(-c4c5c(c(-c6cc7sc8c(c7s6)OC(C)(C)c6cc(/C=C7\C(=O)c9cc(C#N)c(C#N)cc9C7=C(C#N)C#N)sc6-8)c6nsnc46)N=S=N5)sc23)-c2sc(/C=C3\C(=O)c4cc(C#N)c(C#N)cc4C3=C(C#N)C#N)cc21. The number of hydrogen-bond donors (Lipinski definition) is 0. The van der Waals surface area contributed by atoms with Gasteiger partial charge in [0.25, 0.3) is 0 Å². The largest absolute Gasteiger partial charge is 0.480 e. The topological polar surface area (TPSA) is 293 Å². The minimum atomic E-state index is -0.823. The monoisotopic (exact) mass is 1250 g/mol. The molecule has 16 nitrogen and oxygen atoms in total. The van der Waals surface area contributed by atoms with Crippen molar-refractivity contribution >= 4 is 167 Å². The number of aromatic nitrogens is 2. The van der Waals surface area contributed by atoms with Crippen LogP contribution in [0.25, 0.3) is 93.5 Å². The van der Waals surface area contributed by atoms with Crippen molar-refractivity contribution in [1.29, 1.82) is 42.1 Å². The van der Waals surface area contributed by atoms with Crippen LogP contribution in [0.15, 0.2) is 79.5 Å². The van der Waals surface area contributed by atoms with Crippen molar-refractivity contribution in [2.45, 2.75) is 38.9 Å². The van der Waals surface area contributed by atoms with E-state index in [-0.39, 0.29) is 77.9 Å². The van der Waals surface area contributed by atoms with E-state index in [1.165, 1.54) is 46.9 Å². The molecular formula is C62H22N12O4S8. The molecule has 0 fully saturated rings. The van der Waals surface area contributed by atoms with Crippen molar-refractivity contribution in [3.05, 3.63) is 136 Å². The van der Waals surface area contributed by atoms with E-state index in [4.69, 9.17) is 26.9 Å². The summed E-state index contributed by atoms with van der Waals surface area (Å²) in [6.07, 6.45) is 3.34. The van der Waals surface area contributed by atoms with Gasteiger partial charge in [0.05, 0.1) is 83.6 Å². The number of ketones is 2. The Hall–Kier alpha value is -10.2. The van der Waals surface area contributed by atoms with E-state index in [1.54, 1.807) is 57.5 Å². The first-order valence-electron chi connectivity index (χ1n) is 25.4. The zero-order valence-electron chi connectivity index (χ0n) is 44.0. The molecule has 0 atom stereocenters. The Balaban J connectivity index is 0.786. The average molecular weight is 1260 g/mol. The second kappa shape index (κ2) is 18.7. The molecule has 0 radical (unpaired) electrons. The lowest BCUT2D eigenvalue weighted by Crippen LogP contribution is -2.27. The summed E-state index contributed by atoms with van der Waals surface area (Å²) in [5.41, 5.74) is 5.33. The lowest BCUT2D eigenvalue weighted by Gasteiger charge is -2.31. The maximum Gasteiger partial charge on any atom is 0.194 e. The Kier molecular flexibility index (Phi) is 11.4. The first-order valence-corrected chi connectivity index (χ1v) is 31.7. The van der Waals surface area contributed by atoms with Crippen LogP contribution in [-0.4, -0.2) is 20.3 Å². The van der Waals surface area contributed by atoms with Crippen molar-refractivity contribution < 1.29 is 19.1 Å². The minimum absolute atomic E-state index is 0.0214. The predicted molar refractivity (Wildman–Crippen MR) is 333 cm³/mol. The predicted octanol–water partition coefficient (Wildman–Crippen LogP) is 16.7. The number of ether oxygens (including phenoxy) is 2. The lowest BCUT2D eigenvalue weighted by molar-refractivity contribution is 0.103. The summed E-state index contributed by atoms with van der Waals surface area (Å²) in [5.74, 6) is 0.524. The van der Waals surface area contributed by atoms with Crippen LogP contribution in [0.1, 0.15) is 103 Å². The molecule has 10 aromatic rings. The number of fused-ring (bicyclic) bond motifs is 14. The number of carbonyl (C=O) groups is 2. The van der Waals surface area contributed by atoms with Crippen LogP contribution in [0.2, 0.25) is 0 Å². The van der Waals surface area contributed by atoms with Gasteiger partial charge in [-0.3, -0.25) is 9.59 Å². The third-order valence-corrected chi connectivity index (χ3v) is 23.7. The van der Waals surface area contributed by atoms with Crippen LogP contribution in [0, 0.1) is 90.6 Å². The molecule has 3 aromatic carbocycles. The third-order valence-electron chi connectivity index (χ3n) is 15.4. The molecule has 0 saturated carbocycles. The van der Waals surface area contributed by atoms with Crippen molar-refractivity contribution in [3.63, 3.8) is 0 Å². The highest BCUT2D eigenvalue weighted by Gasteiger charge is 2.42. The second-order valence-electron chi connectivity index (χ2n) is 20.9. The zero-order valence-corrected chi connectivity index (χ0v) is 50.6. The van der Waals surface area contributed by atoms with Gasteiger partial charge in [-0.05, 0) is 99.5 Å². The number of Topliss-reactive ketones (excluding diaryl/α,β-unsaturated/α-hetero) is 2. The van der Waals surface area contributed by atoms with Crippen LogP contribution in [0.5, 0.6) is 11.5 Å². The zero-order chi connectivity index (χ0) is 59.6. The van der Waals surface area contributed by atoms with Gasteiger partial charge in [0.1, 0.15) is 93.3 Å². The van der Waals surface area contributed by atoms with Gasteiger partial charge in [-0.15, -0.1) is 68.0 Å². The minimum Gasteiger partial charge on any atom is -0.480 e. The fraction of sp³-hybridized carbons (Fsp3) is 0.0968. The molecular weight excluding hydrogens is 1230 g/mol. The maximum atomic E-state index is 14.1. The number of thiophene rings is 6. The van der Waals surface area contributed by atoms with Gasteiger partial charge in [0, 0.05) is 75.2 Å². The summed E-state index contributed by atoms with van der Waals surface area (Å²) in [6.45, 7) is 7.93. The van der Waals surface area contributed by atoms with Crippen LogP contribution in [0.4, 0.5) is 11.4 Å². The van der Waals surface area contributed by atoms with Gasteiger partial charge in [-0.25, -0.2) is 0 Å². The van der Waals surface area contributed by atoms with E-state index in [9.17, 15) is 51.7 Å². The number of hydrogen-bond acceptors (Lipinski definition) is 23. The van der Waals surface area contributed by atoms with Crippen molar-refractivity contribution in [2.75, 3.05) is 0 Å². The number of nitrogens with zero attached hydrogens (tertiary/aromatic N) is 12. The maximum absolute atomic E-state index is 14.1. The molecule has 24 heteroatoms. The van der Waals surface area contributed by atoms with E-state index in [0.29, 0.717) is 32.2 Å². The highest BCUT2D eigenvalue weighted by Crippen LogP contribution is 2.63. The molecule has 15 rings (SSSR count). The van der Waals surface area contributed by atoms with Gasteiger partial charge in [-0.2, -0.15) is 59.6 Å². The molecule has 0 bridgehead atoms. The van der Waals surface area contributed by atoms with Crippen molar-refractivity contribution in [1.82, 2.24) is 8.75 Å². The molecule has 5 aliphatic rings. The molecule has 0 N–H and O–H groups in total. The van der Waals surface area contributed by atoms with Crippen LogP contribution >= 0.6 is 79.7 Å². The molecule has 0 saturated heterocycles. The van der Waals surface area contributed by atoms with Crippen molar-refractivity contribution in [2.24, 2.45) is 8.73 Å². The average Bonchev–Trinajstić information content (AvgIpc) is 1.65. The first-order chi connectivity index (χ1) is 41.5. The summed E-state index contributed by atoms with van der Waals surface area (Å²) in [5, 5.41) is 79.2. The van der Waals surface area contributed by atoms with Gasteiger partial charge in [0.15, 0.2) is 23.1 Å². The van der Waals surface area contributed by atoms with Crippen LogP contribution < -0.4 is 9.47 Å². The van der Waals surface area contributed by atoms with Crippen LogP contribution in [0.3, 0.4) is 0 Å². The van der Waals surface area contributed by atoms with Gasteiger partial charge >= 0.3 is 0 Å². The van der Waals surface area contributed by atoms with E-state index in [1.807, 2.05) is 88.4 Å². The van der Waals surface area contributed by atoms with E-state index < -0.39 is 22.8 Å². The second-order valence-corrected chi connectivity index (χ2v) is 28.3. The van der Waals surface area contributed by atoms with Gasteiger partial charge < -0.3 is 9.47 Å². The lowest BCUT2D eigenvalue weighted by atomic mass is 9.94. The quantitative estimate of drug-likeness (QED) is 0.117. The third kappa shape index (κ3) is 7.29. The molecule has 2 aliphatic carbocycles. The number of nitriles is 8. The highest BCUT2D eigenvalue weighted by molar-refractivity contribution is 7.58. The summed E-state index contributed by atoms with van der Waals surface area (Å²) in [6, 6.07) is 29.3. The van der Waals surface area contributed by atoms with E-state index >= 15 is 0 Å². The summed E-state index contributed by atoms with van der Waals surface area (Å²) < 4.78 is 37.3. The first kappa shape index (κ1) is 52.6. The van der Waals surface area contributed by atoms with E-state index in [0.717, 1.165) is 105 Å². The molecule has 402 valence electrons. The standard InChI is InChI=1S/C62H22N12O4S8/c1-61(2)37-11-29(9-35-43(27(19-67)20-68)31-5-23(15-63)25(17-65)7-33(31)51(35)75)79-55(37)59-53(77-61)57-41(83-59)13-39(81-57)45-47-49(73-85-71-47)46(50-48(45)72-86-74-50)40-14-42-58(82-40)54-60(84-42)56-38(62(3,4)78-54)12-30(80-56)10-36-44(28(21-69)22-70)32-6-24(16-64)26(18-66)8-34(32)52(36)76/h5-14H,1-4H3/b35-9-,36-10-. The smallest absolute Gasteiger partial charge is 0.194 e. The van der Waals surface area contributed by atoms with Crippen molar-refractivity contribution in [3.8, 4) is 100 Å². The number of rotatable bonds is 4. The fourth-order valence-electron chi connectivity index (χ4n) is 11.5. The van der Waals surface area contributed by atoms with Gasteiger partial charge in [-0.1, -0.05) is 0 Å². The normalized spacial score (nSPS) is 15.8. The van der Waals surface area contributed by atoms with E-state index in [2.05, 4.69) is 12.1 Å². The molecule has 10 heterocycles. The Bertz CT molecular complexity index is 5260. The number of carbonyl (C=O) groups excluding carboxylic acids is 2. The summed E-state index contributed by atoms with van der Waals surface area (Å²) in [7, 11) is 0. The highest BCUT2D eigenvalue weighted by atomic mass is 32.1. The molecule has 0 spiro atoms. The van der Waals surface area contributed by atoms with Gasteiger partial charge in [0.2, 0.25) is 0 Å². The number of benzene rings is 3. The molecule has 0 amide bonds. The Morgan fingerprint density at radius 2 is 0.872 bits per heavy atom. The molecule has 0 unspecified atom stereocenters. The Morgan fingerprint density at radius 1 is 0.488 bits per heavy atom.